The molecular weight excluding hydrogens is 775 g/mol. The van der Waals surface area contributed by atoms with Crippen molar-refractivity contribution in [3.63, 3.8) is 0 Å². The molecule has 8 aromatic carbocycles. The highest BCUT2D eigenvalue weighted by Crippen LogP contribution is 2.56. The number of thiophene rings is 1. The summed E-state index contributed by atoms with van der Waals surface area (Å²) in [6.07, 6.45) is 0. The van der Waals surface area contributed by atoms with Crippen LogP contribution in [0.25, 0.3) is 110 Å². The molecule has 1 aliphatic rings. The highest BCUT2D eigenvalue weighted by Gasteiger charge is 2.41. The van der Waals surface area contributed by atoms with Crippen LogP contribution in [-0.2, 0) is 5.41 Å². The van der Waals surface area contributed by atoms with Crippen molar-refractivity contribution in [2.75, 3.05) is 0 Å². The summed E-state index contributed by atoms with van der Waals surface area (Å²) in [7, 11) is 0. The Bertz CT molecular complexity index is 3710. The summed E-state index contributed by atoms with van der Waals surface area (Å²) < 4.78 is 7.36. The predicted molar refractivity (Wildman–Crippen MR) is 258 cm³/mol. The van der Waals surface area contributed by atoms with E-state index in [1.165, 1.54) is 70.0 Å². The van der Waals surface area contributed by atoms with Crippen molar-refractivity contribution in [2.24, 2.45) is 0 Å². The molecule has 5 nitrogen and oxygen atoms in total. The third-order valence-electron chi connectivity index (χ3n) is 13.0. The summed E-state index contributed by atoms with van der Waals surface area (Å²) in [6, 6.07) is 67.3. The maximum atomic E-state index is 5.32. The van der Waals surface area contributed by atoms with Gasteiger partial charge in [-0.25, -0.2) is 4.98 Å². The topological polar surface area (TPSA) is 48.5 Å². The molecule has 13 rings (SSSR count). The summed E-state index contributed by atoms with van der Waals surface area (Å²) in [4.78, 5) is 15.7. The fraction of sp³-hybridized carbons (Fsp3) is 0.0536. The zero-order valence-corrected chi connectivity index (χ0v) is 34.9. The number of fused-ring (bicyclic) bond motifs is 12. The first kappa shape index (κ1) is 35.1. The van der Waals surface area contributed by atoms with Crippen molar-refractivity contribution in [3.8, 4) is 56.8 Å². The first-order chi connectivity index (χ1) is 30.5. The van der Waals surface area contributed by atoms with Gasteiger partial charge in [-0.05, 0) is 64.7 Å². The maximum Gasteiger partial charge on any atom is 0.238 e. The van der Waals surface area contributed by atoms with Crippen molar-refractivity contribution < 1.29 is 0 Å². The molecule has 0 saturated heterocycles. The molecule has 0 bridgehead atoms. The molecule has 4 aromatic heterocycles. The molecular formula is C56H37N5S. The van der Waals surface area contributed by atoms with Crippen molar-refractivity contribution >= 4 is 64.2 Å². The minimum Gasteiger partial charge on any atom is -0.309 e. The number of hydrogen-bond donors (Lipinski definition) is 0. The van der Waals surface area contributed by atoms with E-state index in [1.807, 2.05) is 47.7 Å². The van der Waals surface area contributed by atoms with E-state index in [2.05, 4.69) is 175 Å². The quantitative estimate of drug-likeness (QED) is 0.174. The lowest BCUT2D eigenvalue weighted by Gasteiger charge is -2.21. The second-order valence-corrected chi connectivity index (χ2v) is 17.8. The van der Waals surface area contributed by atoms with E-state index in [0.29, 0.717) is 17.6 Å². The Morgan fingerprint density at radius 1 is 0.452 bits per heavy atom. The molecule has 292 valence electrons. The molecule has 0 spiro atoms. The van der Waals surface area contributed by atoms with E-state index >= 15 is 0 Å². The normalized spacial score (nSPS) is 13.1. The second kappa shape index (κ2) is 13.2. The van der Waals surface area contributed by atoms with Gasteiger partial charge in [-0.2, -0.15) is 9.97 Å². The summed E-state index contributed by atoms with van der Waals surface area (Å²) in [5.74, 6) is 1.84. The van der Waals surface area contributed by atoms with Crippen LogP contribution in [0.4, 0.5) is 0 Å². The van der Waals surface area contributed by atoms with Crippen molar-refractivity contribution in [2.45, 2.75) is 19.3 Å². The minimum atomic E-state index is -0.276. The van der Waals surface area contributed by atoms with E-state index in [-0.39, 0.29) is 5.41 Å². The van der Waals surface area contributed by atoms with E-state index in [0.717, 1.165) is 33.2 Å². The number of para-hydroxylation sites is 1. The van der Waals surface area contributed by atoms with E-state index in [4.69, 9.17) is 15.0 Å². The Morgan fingerprint density at radius 2 is 1.05 bits per heavy atom. The summed E-state index contributed by atoms with van der Waals surface area (Å²) in [5.41, 5.74) is 13.6. The van der Waals surface area contributed by atoms with Gasteiger partial charge in [0.25, 0.3) is 0 Å². The molecule has 0 N–H and O–H groups in total. The van der Waals surface area contributed by atoms with Gasteiger partial charge in [0.05, 0.1) is 22.2 Å². The number of nitrogens with zero attached hydrogens (tertiary/aromatic N) is 5. The van der Waals surface area contributed by atoms with Gasteiger partial charge >= 0.3 is 0 Å². The molecule has 0 radical (unpaired) electrons. The lowest BCUT2D eigenvalue weighted by atomic mass is 9.81. The van der Waals surface area contributed by atoms with Crippen LogP contribution in [0.15, 0.2) is 188 Å². The molecule has 0 atom stereocenters. The van der Waals surface area contributed by atoms with E-state index in [1.54, 1.807) is 0 Å². The van der Waals surface area contributed by atoms with Gasteiger partial charge in [0.15, 0.2) is 11.6 Å². The third-order valence-corrected chi connectivity index (χ3v) is 14.2. The maximum absolute atomic E-state index is 5.32. The minimum absolute atomic E-state index is 0.276. The van der Waals surface area contributed by atoms with Crippen LogP contribution in [0.2, 0.25) is 0 Å². The Balaban J connectivity index is 1.19. The standard InChI is InChI=1S/C56H37N5S/c1-56(2)43-27-14-12-24-41(43)51-50(56)49-46(60(51)37-21-10-5-11-22-37)32-31-45-48(49)42-33-36(38-25-16-26-40-39-23-13-15-28-47(39)62-52(38)40)29-30-44(42)61(45)55-58-53(34-17-6-3-7-18-34)57-54(59-55)35-19-8-4-9-20-35/h3-33H,1-2H3. The average molecular weight is 812 g/mol. The van der Waals surface area contributed by atoms with Crippen molar-refractivity contribution in [3.05, 3.63) is 199 Å². The van der Waals surface area contributed by atoms with Crippen LogP contribution in [-0.4, -0.2) is 24.1 Å². The first-order valence-electron chi connectivity index (χ1n) is 21.1. The van der Waals surface area contributed by atoms with Crippen LogP contribution < -0.4 is 0 Å². The van der Waals surface area contributed by atoms with Gasteiger partial charge in [0, 0.05) is 64.1 Å². The highest BCUT2D eigenvalue weighted by molar-refractivity contribution is 7.26. The molecule has 0 saturated carbocycles. The monoisotopic (exact) mass is 811 g/mol. The van der Waals surface area contributed by atoms with E-state index in [9.17, 15) is 0 Å². The second-order valence-electron chi connectivity index (χ2n) is 16.8. The molecule has 4 heterocycles. The van der Waals surface area contributed by atoms with Crippen LogP contribution in [0.5, 0.6) is 0 Å². The number of rotatable bonds is 5. The van der Waals surface area contributed by atoms with Gasteiger partial charge < -0.3 is 4.57 Å². The number of hydrogen-bond acceptors (Lipinski definition) is 4. The lowest BCUT2D eigenvalue weighted by Crippen LogP contribution is -2.14. The lowest BCUT2D eigenvalue weighted by molar-refractivity contribution is 0.666. The van der Waals surface area contributed by atoms with Gasteiger partial charge in [-0.15, -0.1) is 11.3 Å². The molecule has 12 aromatic rings. The molecule has 1 aliphatic carbocycles. The molecule has 6 heteroatoms. The average Bonchev–Trinajstić information content (AvgIpc) is 4.05. The first-order valence-corrected chi connectivity index (χ1v) is 21.9. The Labute approximate surface area is 361 Å². The molecule has 0 amide bonds. The number of benzene rings is 8. The van der Waals surface area contributed by atoms with Gasteiger partial charge in [0.1, 0.15) is 0 Å². The smallest absolute Gasteiger partial charge is 0.238 e. The summed E-state index contributed by atoms with van der Waals surface area (Å²) >= 11 is 1.87. The van der Waals surface area contributed by atoms with Gasteiger partial charge in [-0.3, -0.25) is 4.57 Å². The SMILES string of the molecule is CC1(C)c2ccccc2-c2c1c1c3c4cc(-c5cccc6c5sc5ccccc56)ccc4n(-c4nc(-c5ccccc5)nc(-c5ccccc5)n4)c3ccc1n2-c1ccccc1. The largest absolute Gasteiger partial charge is 0.309 e. The molecule has 0 aliphatic heterocycles. The van der Waals surface area contributed by atoms with Crippen LogP contribution in [0.1, 0.15) is 25.0 Å². The van der Waals surface area contributed by atoms with Crippen LogP contribution >= 0.6 is 11.3 Å². The fourth-order valence-electron chi connectivity index (χ4n) is 10.2. The molecule has 62 heavy (non-hydrogen) atoms. The Morgan fingerprint density at radius 3 is 1.79 bits per heavy atom. The molecule has 0 fully saturated rings. The van der Waals surface area contributed by atoms with Gasteiger partial charge in [0.2, 0.25) is 5.95 Å². The third kappa shape index (κ3) is 4.98. The Kier molecular flexibility index (Phi) is 7.46. The summed E-state index contributed by atoms with van der Waals surface area (Å²) in [6.45, 7) is 4.78. The van der Waals surface area contributed by atoms with Crippen LogP contribution in [0, 0.1) is 0 Å². The predicted octanol–water partition coefficient (Wildman–Crippen LogP) is 14.6. The highest BCUT2D eigenvalue weighted by atomic mass is 32.1. The van der Waals surface area contributed by atoms with Crippen LogP contribution in [0.3, 0.4) is 0 Å². The van der Waals surface area contributed by atoms with Gasteiger partial charge in [-0.1, -0.05) is 159 Å². The number of aromatic nitrogens is 5. The van der Waals surface area contributed by atoms with Crippen molar-refractivity contribution in [1.29, 1.82) is 0 Å². The zero-order valence-electron chi connectivity index (χ0n) is 34.0. The Hall–Kier alpha value is -7.67. The fourth-order valence-corrected chi connectivity index (χ4v) is 11.5. The van der Waals surface area contributed by atoms with E-state index < -0.39 is 0 Å². The van der Waals surface area contributed by atoms with Crippen molar-refractivity contribution in [1.82, 2.24) is 24.1 Å². The molecule has 0 unspecified atom stereocenters. The zero-order chi connectivity index (χ0) is 41.1. The summed E-state index contributed by atoms with van der Waals surface area (Å²) in [5, 5.41) is 6.19.